The Morgan fingerprint density at radius 3 is 2.91 bits per heavy atom. The fourth-order valence-corrected chi connectivity index (χ4v) is 3.43. The van der Waals surface area contributed by atoms with Crippen molar-refractivity contribution in [1.82, 2.24) is 15.3 Å². The van der Waals surface area contributed by atoms with Crippen molar-refractivity contribution < 1.29 is 23.4 Å². The molecule has 0 saturated carbocycles. The van der Waals surface area contributed by atoms with Crippen LogP contribution in [0.25, 0.3) is 10.9 Å². The van der Waals surface area contributed by atoms with E-state index >= 15 is 0 Å². The molecule has 1 amide bonds. The standard InChI is InChI=1S/C22H22ClFN4O4/c1-13(29)25-5-7-31-20-10-19-16(9-21(20)32-15-4-6-30-11-15)22(27-12-26-19)28-14-2-3-18(24)17(23)8-14/h2-3,8-10,12,15H,4-7,11H2,1H3,(H,25,29)(H,26,27,28). The summed E-state index contributed by atoms with van der Waals surface area (Å²) >= 11 is 5.90. The molecule has 1 fully saturated rings. The van der Waals surface area contributed by atoms with Crippen LogP contribution in [0.15, 0.2) is 36.7 Å². The summed E-state index contributed by atoms with van der Waals surface area (Å²) in [4.78, 5) is 19.8. The first-order valence-corrected chi connectivity index (χ1v) is 10.5. The van der Waals surface area contributed by atoms with Crippen molar-refractivity contribution in [3.8, 4) is 11.5 Å². The third-order valence-electron chi connectivity index (χ3n) is 4.80. The van der Waals surface area contributed by atoms with Crippen molar-refractivity contribution in [3.05, 3.63) is 47.5 Å². The molecule has 0 radical (unpaired) electrons. The highest BCUT2D eigenvalue weighted by atomic mass is 35.5. The van der Waals surface area contributed by atoms with Gasteiger partial charge in [-0.05, 0) is 24.3 Å². The molecule has 2 N–H and O–H groups in total. The lowest BCUT2D eigenvalue weighted by Crippen LogP contribution is -2.25. The number of hydrogen-bond acceptors (Lipinski definition) is 7. The molecule has 0 aliphatic carbocycles. The highest BCUT2D eigenvalue weighted by Crippen LogP contribution is 2.36. The van der Waals surface area contributed by atoms with E-state index in [2.05, 4.69) is 20.6 Å². The number of rotatable bonds is 8. The summed E-state index contributed by atoms with van der Waals surface area (Å²) in [5, 5.41) is 6.54. The number of anilines is 2. The minimum absolute atomic E-state index is 0.00785. The van der Waals surface area contributed by atoms with Gasteiger partial charge in [0.2, 0.25) is 5.91 Å². The number of carbonyl (C=O) groups is 1. The van der Waals surface area contributed by atoms with Crippen LogP contribution in [0.2, 0.25) is 5.02 Å². The van der Waals surface area contributed by atoms with Crippen molar-refractivity contribution in [2.24, 2.45) is 0 Å². The van der Waals surface area contributed by atoms with Crippen LogP contribution in [0.5, 0.6) is 11.5 Å². The maximum Gasteiger partial charge on any atom is 0.216 e. The molecule has 1 atom stereocenters. The second-order valence-electron chi connectivity index (χ2n) is 7.23. The lowest BCUT2D eigenvalue weighted by Gasteiger charge is -2.18. The molecule has 2 aromatic carbocycles. The van der Waals surface area contributed by atoms with Crippen molar-refractivity contribution in [1.29, 1.82) is 0 Å². The van der Waals surface area contributed by atoms with Crippen LogP contribution in [0.4, 0.5) is 15.9 Å². The van der Waals surface area contributed by atoms with Crippen molar-refractivity contribution in [2.75, 3.05) is 31.7 Å². The van der Waals surface area contributed by atoms with Gasteiger partial charge in [-0.1, -0.05) is 11.6 Å². The summed E-state index contributed by atoms with van der Waals surface area (Å²) in [6, 6.07) is 7.90. The number of benzene rings is 2. The number of nitrogens with one attached hydrogen (secondary N) is 2. The maximum absolute atomic E-state index is 13.5. The number of ether oxygens (including phenoxy) is 3. The molecule has 8 nitrogen and oxygen atoms in total. The van der Waals surface area contributed by atoms with Gasteiger partial charge in [-0.3, -0.25) is 4.79 Å². The van der Waals surface area contributed by atoms with E-state index in [1.54, 1.807) is 18.2 Å². The number of carbonyl (C=O) groups excluding carboxylic acids is 1. The predicted octanol–water partition coefficient (Wildman–Crippen LogP) is 3.85. The fourth-order valence-electron chi connectivity index (χ4n) is 3.25. The van der Waals surface area contributed by atoms with E-state index in [-0.39, 0.29) is 23.6 Å². The molecule has 0 spiro atoms. The lowest BCUT2D eigenvalue weighted by molar-refractivity contribution is -0.119. The summed E-state index contributed by atoms with van der Waals surface area (Å²) in [6.45, 7) is 3.21. The van der Waals surface area contributed by atoms with E-state index in [0.29, 0.717) is 53.7 Å². The fraction of sp³-hybridized carbons (Fsp3) is 0.318. The Bertz CT molecular complexity index is 1120. The van der Waals surface area contributed by atoms with Crippen LogP contribution in [0.3, 0.4) is 0 Å². The molecule has 4 rings (SSSR count). The number of fused-ring (bicyclic) bond motifs is 1. The van der Waals surface area contributed by atoms with Gasteiger partial charge < -0.3 is 24.8 Å². The van der Waals surface area contributed by atoms with E-state index in [9.17, 15) is 9.18 Å². The molecule has 3 aromatic rings. The Hall–Kier alpha value is -3.17. The van der Waals surface area contributed by atoms with Gasteiger partial charge in [-0.2, -0.15) is 0 Å². The van der Waals surface area contributed by atoms with Crippen LogP contribution in [0.1, 0.15) is 13.3 Å². The second-order valence-corrected chi connectivity index (χ2v) is 7.63. The van der Waals surface area contributed by atoms with Gasteiger partial charge in [0.15, 0.2) is 11.5 Å². The third kappa shape index (κ3) is 5.35. The van der Waals surface area contributed by atoms with E-state index in [1.807, 2.05) is 0 Å². The number of amides is 1. The molecule has 32 heavy (non-hydrogen) atoms. The van der Waals surface area contributed by atoms with E-state index in [0.717, 1.165) is 6.42 Å². The molecule has 168 valence electrons. The quantitative estimate of drug-likeness (QED) is 0.493. The predicted molar refractivity (Wildman–Crippen MR) is 118 cm³/mol. The van der Waals surface area contributed by atoms with E-state index < -0.39 is 5.82 Å². The molecule has 1 saturated heterocycles. The first-order chi connectivity index (χ1) is 15.5. The summed E-state index contributed by atoms with van der Waals surface area (Å²) in [5.74, 6) is 0.904. The Balaban J connectivity index is 1.65. The average Bonchev–Trinajstić information content (AvgIpc) is 3.27. The normalized spacial score (nSPS) is 15.5. The highest BCUT2D eigenvalue weighted by Gasteiger charge is 2.21. The number of halogens is 2. The molecule has 1 aliphatic heterocycles. The van der Waals surface area contributed by atoms with Crippen molar-refractivity contribution >= 4 is 39.9 Å². The largest absolute Gasteiger partial charge is 0.488 e. The molecular weight excluding hydrogens is 439 g/mol. The van der Waals surface area contributed by atoms with Crippen LogP contribution < -0.4 is 20.1 Å². The molecule has 1 aliphatic rings. The minimum atomic E-state index is -0.500. The maximum atomic E-state index is 13.5. The summed E-state index contributed by atoms with van der Waals surface area (Å²) in [5.41, 5.74) is 1.21. The number of aromatic nitrogens is 2. The molecular formula is C22H22ClFN4O4. The Kier molecular flexibility index (Phi) is 6.87. The zero-order valence-electron chi connectivity index (χ0n) is 17.4. The molecule has 1 unspecified atom stereocenters. The Labute approximate surface area is 189 Å². The zero-order valence-corrected chi connectivity index (χ0v) is 18.1. The topological polar surface area (TPSA) is 94.6 Å². The number of hydrogen-bond donors (Lipinski definition) is 2. The van der Waals surface area contributed by atoms with E-state index in [1.165, 1.54) is 25.4 Å². The first kappa shape index (κ1) is 22.0. The molecule has 2 heterocycles. The lowest BCUT2D eigenvalue weighted by atomic mass is 10.2. The Morgan fingerprint density at radius 1 is 1.28 bits per heavy atom. The second kappa shape index (κ2) is 9.97. The smallest absolute Gasteiger partial charge is 0.216 e. The van der Waals surface area contributed by atoms with Gasteiger partial charge in [-0.25, -0.2) is 14.4 Å². The average molecular weight is 461 g/mol. The van der Waals surface area contributed by atoms with Gasteiger partial charge in [0, 0.05) is 30.5 Å². The number of nitrogens with zero attached hydrogens (tertiary/aromatic N) is 2. The monoisotopic (exact) mass is 460 g/mol. The van der Waals surface area contributed by atoms with Crippen LogP contribution in [0, 0.1) is 5.82 Å². The summed E-state index contributed by atoms with van der Waals surface area (Å²) in [6.07, 6.45) is 2.10. The summed E-state index contributed by atoms with van der Waals surface area (Å²) < 4.78 is 30.9. The van der Waals surface area contributed by atoms with Gasteiger partial charge in [0.05, 0.1) is 30.3 Å². The van der Waals surface area contributed by atoms with Gasteiger partial charge in [0.25, 0.3) is 0 Å². The van der Waals surface area contributed by atoms with E-state index in [4.69, 9.17) is 25.8 Å². The molecule has 1 aromatic heterocycles. The third-order valence-corrected chi connectivity index (χ3v) is 5.09. The van der Waals surface area contributed by atoms with Crippen LogP contribution >= 0.6 is 11.6 Å². The van der Waals surface area contributed by atoms with Gasteiger partial charge in [0.1, 0.15) is 30.7 Å². The van der Waals surface area contributed by atoms with Crippen LogP contribution in [-0.4, -0.2) is 48.3 Å². The minimum Gasteiger partial charge on any atom is -0.488 e. The van der Waals surface area contributed by atoms with Gasteiger partial charge in [-0.15, -0.1) is 0 Å². The van der Waals surface area contributed by atoms with Crippen molar-refractivity contribution in [3.63, 3.8) is 0 Å². The van der Waals surface area contributed by atoms with Crippen LogP contribution in [-0.2, 0) is 9.53 Å². The molecule has 0 bridgehead atoms. The molecule has 10 heteroatoms. The Morgan fingerprint density at radius 2 is 2.16 bits per heavy atom. The SMILES string of the molecule is CC(=O)NCCOc1cc2ncnc(Nc3ccc(F)c(Cl)c3)c2cc1OC1CCOC1. The first-order valence-electron chi connectivity index (χ1n) is 10.1. The van der Waals surface area contributed by atoms with Crippen molar-refractivity contribution in [2.45, 2.75) is 19.4 Å². The summed E-state index contributed by atoms with van der Waals surface area (Å²) in [7, 11) is 0. The highest BCUT2D eigenvalue weighted by molar-refractivity contribution is 6.31. The zero-order chi connectivity index (χ0) is 22.5. The van der Waals surface area contributed by atoms with Gasteiger partial charge >= 0.3 is 0 Å².